The number of nitrogens with zero attached hydrogens (tertiary/aromatic N) is 3. The molecule has 0 radical (unpaired) electrons. The van der Waals surface area contributed by atoms with Crippen LogP contribution in [0.25, 0.3) is 10.1 Å². The summed E-state index contributed by atoms with van der Waals surface area (Å²) >= 11 is 3.74. The number of thioether (sulfide) groups is 1. The van der Waals surface area contributed by atoms with Crippen molar-refractivity contribution in [2.45, 2.75) is 18.9 Å². The maximum atomic E-state index is 12.8. The van der Waals surface area contributed by atoms with E-state index in [0.717, 1.165) is 36.7 Å². The summed E-state index contributed by atoms with van der Waals surface area (Å²) < 4.78 is 1.16. The lowest BCUT2D eigenvalue weighted by Gasteiger charge is -2.30. The van der Waals surface area contributed by atoms with Gasteiger partial charge >= 0.3 is 0 Å². The second-order valence-corrected chi connectivity index (χ2v) is 9.74. The summed E-state index contributed by atoms with van der Waals surface area (Å²) in [6.45, 7) is 5.55. The lowest BCUT2D eigenvalue weighted by atomic mass is 9.97. The van der Waals surface area contributed by atoms with Crippen molar-refractivity contribution in [3.63, 3.8) is 0 Å². The number of piperidine rings is 1. The van der Waals surface area contributed by atoms with Crippen LogP contribution in [0.4, 0.5) is 5.69 Å². The molecule has 3 aliphatic heterocycles. The molecule has 2 aromatic rings. The van der Waals surface area contributed by atoms with Gasteiger partial charge < -0.3 is 15.1 Å². The Morgan fingerprint density at radius 3 is 2.96 bits per heavy atom. The lowest BCUT2D eigenvalue weighted by Crippen LogP contribution is -2.47. The highest BCUT2D eigenvalue weighted by atomic mass is 32.2. The highest BCUT2D eigenvalue weighted by molar-refractivity contribution is 7.99. The van der Waals surface area contributed by atoms with Gasteiger partial charge in [-0.25, -0.2) is 4.98 Å². The monoisotopic (exact) mass is 388 g/mol. The van der Waals surface area contributed by atoms with Crippen molar-refractivity contribution in [3.05, 3.63) is 23.3 Å². The highest BCUT2D eigenvalue weighted by Crippen LogP contribution is 2.34. The minimum absolute atomic E-state index is 0.0225. The average Bonchev–Trinajstić information content (AvgIpc) is 3.24. The third-order valence-corrected chi connectivity index (χ3v) is 7.69. The highest BCUT2D eigenvalue weighted by Gasteiger charge is 2.33. The molecular weight excluding hydrogens is 364 g/mol. The van der Waals surface area contributed by atoms with Gasteiger partial charge in [-0.2, -0.15) is 11.8 Å². The SMILES string of the molecule is O=C(N[C@@H]1C[C@H]2CCN(C2)C1)c1cc2c(N3CCSCC3)csc2cn1. The topological polar surface area (TPSA) is 48.5 Å². The first-order chi connectivity index (χ1) is 12.8. The Kier molecular flexibility index (Phi) is 4.54. The summed E-state index contributed by atoms with van der Waals surface area (Å²) in [6, 6.07) is 2.26. The molecule has 1 unspecified atom stereocenters. The summed E-state index contributed by atoms with van der Waals surface area (Å²) in [5.74, 6) is 3.08. The Bertz CT molecular complexity index is 805. The fraction of sp³-hybridized carbons (Fsp3) is 0.579. The maximum Gasteiger partial charge on any atom is 0.270 e. The van der Waals surface area contributed by atoms with Crippen molar-refractivity contribution in [2.24, 2.45) is 5.92 Å². The van der Waals surface area contributed by atoms with Gasteiger partial charge in [0.25, 0.3) is 5.91 Å². The molecule has 1 N–H and O–H groups in total. The molecule has 0 aromatic carbocycles. The number of aromatic nitrogens is 1. The van der Waals surface area contributed by atoms with Gasteiger partial charge in [0.15, 0.2) is 0 Å². The van der Waals surface area contributed by atoms with Gasteiger partial charge in [-0.3, -0.25) is 4.79 Å². The first-order valence-electron chi connectivity index (χ1n) is 9.49. The van der Waals surface area contributed by atoms with Crippen molar-refractivity contribution in [2.75, 3.05) is 49.1 Å². The fourth-order valence-electron chi connectivity index (χ4n) is 4.52. The van der Waals surface area contributed by atoms with Crippen LogP contribution in [0.1, 0.15) is 23.3 Å². The van der Waals surface area contributed by atoms with E-state index in [0.29, 0.717) is 5.69 Å². The number of anilines is 1. The smallest absolute Gasteiger partial charge is 0.270 e. The Labute approximate surface area is 162 Å². The molecule has 0 spiro atoms. The Morgan fingerprint density at radius 1 is 1.23 bits per heavy atom. The molecule has 26 heavy (non-hydrogen) atoms. The fourth-order valence-corrected chi connectivity index (χ4v) is 6.34. The number of nitrogens with one attached hydrogen (secondary N) is 1. The van der Waals surface area contributed by atoms with Crippen LogP contribution in [-0.4, -0.2) is 66.1 Å². The quantitative estimate of drug-likeness (QED) is 0.876. The van der Waals surface area contributed by atoms with Crippen LogP contribution in [-0.2, 0) is 0 Å². The number of amides is 1. The van der Waals surface area contributed by atoms with Crippen LogP contribution < -0.4 is 10.2 Å². The molecule has 3 atom stereocenters. The largest absolute Gasteiger partial charge is 0.369 e. The van der Waals surface area contributed by atoms with E-state index in [9.17, 15) is 4.79 Å². The molecule has 5 nitrogen and oxygen atoms in total. The van der Waals surface area contributed by atoms with E-state index in [2.05, 4.69) is 25.5 Å². The predicted octanol–water partition coefficient (Wildman–Crippen LogP) is 2.67. The number of hydrogen-bond acceptors (Lipinski definition) is 6. The normalized spacial score (nSPS) is 28.5. The van der Waals surface area contributed by atoms with E-state index in [1.807, 2.05) is 24.0 Å². The van der Waals surface area contributed by atoms with Gasteiger partial charge in [0.2, 0.25) is 0 Å². The van der Waals surface area contributed by atoms with Gasteiger partial charge in [0, 0.05) is 60.7 Å². The molecule has 0 aliphatic carbocycles. The summed E-state index contributed by atoms with van der Waals surface area (Å²) in [5.41, 5.74) is 1.82. The first kappa shape index (κ1) is 16.8. The Morgan fingerprint density at radius 2 is 2.12 bits per heavy atom. The summed E-state index contributed by atoms with van der Waals surface area (Å²) in [5, 5.41) is 6.63. The standard InChI is InChI=1S/C19H24N4OS2/c24-19(21-14-7-13-1-2-22(10-13)11-14)16-8-15-17(12-26-18(15)9-20-16)23-3-5-25-6-4-23/h8-9,12-14H,1-7,10-11H2,(H,21,24)/t13-,14-/m1/s1. The molecular formula is C19H24N4OS2. The second-order valence-electron chi connectivity index (χ2n) is 7.61. The molecule has 3 saturated heterocycles. The van der Waals surface area contributed by atoms with Crippen molar-refractivity contribution in [3.8, 4) is 0 Å². The second kappa shape index (κ2) is 7.02. The van der Waals surface area contributed by atoms with Crippen LogP contribution in [0.5, 0.6) is 0 Å². The number of pyridine rings is 1. The number of fused-ring (bicyclic) bond motifs is 3. The van der Waals surface area contributed by atoms with Crippen molar-refractivity contribution < 1.29 is 4.79 Å². The number of hydrogen-bond donors (Lipinski definition) is 1. The average molecular weight is 389 g/mol. The summed E-state index contributed by atoms with van der Waals surface area (Å²) in [7, 11) is 0. The molecule has 7 heteroatoms. The van der Waals surface area contributed by atoms with Crippen LogP contribution >= 0.6 is 23.1 Å². The molecule has 5 heterocycles. The van der Waals surface area contributed by atoms with Crippen molar-refractivity contribution in [1.29, 1.82) is 0 Å². The molecule has 138 valence electrons. The molecule has 0 saturated carbocycles. The molecule has 2 bridgehead atoms. The molecule has 3 aliphatic rings. The Hall–Kier alpha value is -1.31. The molecule has 2 aromatic heterocycles. The number of thiophene rings is 1. The van der Waals surface area contributed by atoms with E-state index in [1.54, 1.807) is 11.3 Å². The van der Waals surface area contributed by atoms with Crippen LogP contribution in [0.15, 0.2) is 17.6 Å². The van der Waals surface area contributed by atoms with E-state index < -0.39 is 0 Å². The van der Waals surface area contributed by atoms with Gasteiger partial charge in [-0.05, 0) is 31.4 Å². The van der Waals surface area contributed by atoms with Gasteiger partial charge in [0.1, 0.15) is 5.69 Å². The minimum atomic E-state index is -0.0225. The zero-order chi connectivity index (χ0) is 17.5. The van der Waals surface area contributed by atoms with Gasteiger partial charge in [0.05, 0.1) is 10.4 Å². The van der Waals surface area contributed by atoms with Crippen LogP contribution in [0, 0.1) is 5.92 Å². The minimum Gasteiger partial charge on any atom is -0.369 e. The third kappa shape index (κ3) is 3.21. The maximum absolute atomic E-state index is 12.8. The molecule has 1 amide bonds. The summed E-state index contributed by atoms with van der Waals surface area (Å²) in [4.78, 5) is 22.2. The molecule has 5 rings (SSSR count). The number of carbonyl (C=O) groups excluding carboxylic acids is 1. The van der Waals surface area contributed by atoms with E-state index in [4.69, 9.17) is 0 Å². The number of rotatable bonds is 3. The lowest BCUT2D eigenvalue weighted by molar-refractivity contribution is 0.0904. The van der Waals surface area contributed by atoms with E-state index in [-0.39, 0.29) is 11.9 Å². The first-order valence-corrected chi connectivity index (χ1v) is 11.5. The van der Waals surface area contributed by atoms with E-state index in [1.165, 1.54) is 42.1 Å². The number of carbonyl (C=O) groups is 1. The van der Waals surface area contributed by atoms with Gasteiger partial charge in [-0.15, -0.1) is 11.3 Å². The van der Waals surface area contributed by atoms with E-state index >= 15 is 0 Å². The zero-order valence-electron chi connectivity index (χ0n) is 14.8. The van der Waals surface area contributed by atoms with Crippen molar-refractivity contribution >= 4 is 44.8 Å². The summed E-state index contributed by atoms with van der Waals surface area (Å²) in [6.07, 6.45) is 4.26. The van der Waals surface area contributed by atoms with Crippen LogP contribution in [0.2, 0.25) is 0 Å². The van der Waals surface area contributed by atoms with Crippen molar-refractivity contribution in [1.82, 2.24) is 15.2 Å². The van der Waals surface area contributed by atoms with Gasteiger partial charge in [-0.1, -0.05) is 0 Å². The predicted molar refractivity (Wildman–Crippen MR) is 110 cm³/mol. The third-order valence-electron chi connectivity index (χ3n) is 5.83. The molecule has 3 fully saturated rings. The zero-order valence-corrected chi connectivity index (χ0v) is 16.5. The van der Waals surface area contributed by atoms with Crippen LogP contribution in [0.3, 0.4) is 0 Å². The Balaban J connectivity index is 1.35.